The lowest BCUT2D eigenvalue weighted by Gasteiger charge is -2.14. The van der Waals surface area contributed by atoms with E-state index in [1.54, 1.807) is 12.1 Å². The minimum Gasteiger partial charge on any atom is -0.493 e. The average Bonchev–Trinajstić information content (AvgIpc) is 3.16. The summed E-state index contributed by atoms with van der Waals surface area (Å²) in [6.45, 7) is 9.54. The van der Waals surface area contributed by atoms with E-state index < -0.39 is 5.97 Å². The maximum Gasteiger partial charge on any atom is 0.339 e. The molecular formula is C28H30N2O4. The van der Waals surface area contributed by atoms with E-state index in [1.807, 2.05) is 25.1 Å². The number of ether oxygens (including phenoxy) is 2. The standard InChI is InChI=1S/C28H30N2O4/c1-5-25-29-24-15-18(3)14-19(4)26(24)30(25)16-20-10-12-22(13-11-20)34-17-21-8-7-9-23(28(31)32)27(21)33-6-2/h7-15H,5-6,16-17H2,1-4H3,(H,31,32). The van der Waals surface area contributed by atoms with Crippen LogP contribution < -0.4 is 9.47 Å². The van der Waals surface area contributed by atoms with Crippen molar-refractivity contribution in [1.82, 2.24) is 9.55 Å². The fraction of sp³-hybridized carbons (Fsp3) is 0.286. The molecule has 0 unspecified atom stereocenters. The van der Waals surface area contributed by atoms with Gasteiger partial charge in [-0.15, -0.1) is 0 Å². The second-order valence-electron chi connectivity index (χ2n) is 8.38. The molecule has 0 saturated carbocycles. The monoisotopic (exact) mass is 458 g/mol. The number of rotatable bonds is 9. The van der Waals surface area contributed by atoms with Crippen molar-refractivity contribution >= 4 is 17.0 Å². The quantitative estimate of drug-likeness (QED) is 0.336. The highest BCUT2D eigenvalue weighted by molar-refractivity contribution is 5.91. The molecule has 0 amide bonds. The van der Waals surface area contributed by atoms with Crippen molar-refractivity contribution in [3.8, 4) is 11.5 Å². The summed E-state index contributed by atoms with van der Waals surface area (Å²) in [6.07, 6.45) is 0.867. The number of carboxylic acid groups (broad SMARTS) is 1. The van der Waals surface area contributed by atoms with Crippen molar-refractivity contribution < 1.29 is 19.4 Å². The number of carboxylic acids is 1. The largest absolute Gasteiger partial charge is 0.493 e. The first kappa shape index (κ1) is 23.4. The Balaban J connectivity index is 1.52. The van der Waals surface area contributed by atoms with Crippen molar-refractivity contribution in [3.63, 3.8) is 0 Å². The molecule has 0 bridgehead atoms. The predicted molar refractivity (Wildman–Crippen MR) is 133 cm³/mol. The van der Waals surface area contributed by atoms with Crippen LogP contribution in [0.3, 0.4) is 0 Å². The average molecular weight is 459 g/mol. The first-order chi connectivity index (χ1) is 16.4. The van der Waals surface area contributed by atoms with Crippen LogP contribution in [0.15, 0.2) is 54.6 Å². The Morgan fingerprint density at radius 1 is 1.03 bits per heavy atom. The highest BCUT2D eigenvalue weighted by Crippen LogP contribution is 2.27. The van der Waals surface area contributed by atoms with Gasteiger partial charge in [0.25, 0.3) is 0 Å². The van der Waals surface area contributed by atoms with Gasteiger partial charge in [0.05, 0.1) is 17.6 Å². The first-order valence-corrected chi connectivity index (χ1v) is 11.6. The van der Waals surface area contributed by atoms with E-state index in [2.05, 4.69) is 49.6 Å². The van der Waals surface area contributed by atoms with Gasteiger partial charge in [0.15, 0.2) is 0 Å². The summed E-state index contributed by atoms with van der Waals surface area (Å²) in [4.78, 5) is 16.4. The maximum absolute atomic E-state index is 11.5. The fourth-order valence-corrected chi connectivity index (χ4v) is 4.36. The van der Waals surface area contributed by atoms with E-state index in [9.17, 15) is 9.90 Å². The lowest BCUT2D eigenvalue weighted by molar-refractivity contribution is 0.0692. The molecule has 4 rings (SSSR count). The lowest BCUT2D eigenvalue weighted by Crippen LogP contribution is -2.07. The Bertz CT molecular complexity index is 1320. The number of fused-ring (bicyclic) bond motifs is 1. The van der Waals surface area contributed by atoms with E-state index in [0.717, 1.165) is 29.9 Å². The molecule has 6 heteroatoms. The third kappa shape index (κ3) is 4.76. The van der Waals surface area contributed by atoms with Gasteiger partial charge in [-0.1, -0.05) is 37.3 Å². The van der Waals surface area contributed by atoms with Gasteiger partial charge in [0, 0.05) is 18.5 Å². The highest BCUT2D eigenvalue weighted by atomic mass is 16.5. The molecule has 0 aliphatic heterocycles. The predicted octanol–water partition coefficient (Wildman–Crippen LogP) is 5.94. The van der Waals surface area contributed by atoms with Crippen molar-refractivity contribution in [3.05, 3.63) is 88.2 Å². The Hall–Kier alpha value is -3.80. The molecule has 0 saturated heterocycles. The second kappa shape index (κ2) is 10.00. The van der Waals surface area contributed by atoms with Crippen LogP contribution in [0.4, 0.5) is 0 Å². The third-order valence-electron chi connectivity index (χ3n) is 5.85. The van der Waals surface area contributed by atoms with Gasteiger partial charge in [-0.25, -0.2) is 9.78 Å². The number of nitrogens with zero attached hydrogens (tertiary/aromatic N) is 2. The minimum absolute atomic E-state index is 0.142. The molecule has 0 atom stereocenters. The maximum atomic E-state index is 11.5. The molecule has 0 radical (unpaired) electrons. The van der Waals surface area contributed by atoms with Crippen LogP contribution in [0.25, 0.3) is 11.0 Å². The van der Waals surface area contributed by atoms with Crippen LogP contribution in [0.1, 0.15) is 52.3 Å². The van der Waals surface area contributed by atoms with E-state index in [0.29, 0.717) is 23.7 Å². The molecule has 6 nitrogen and oxygen atoms in total. The summed E-state index contributed by atoms with van der Waals surface area (Å²) >= 11 is 0. The van der Waals surface area contributed by atoms with Gasteiger partial charge < -0.3 is 19.1 Å². The zero-order valence-electron chi connectivity index (χ0n) is 20.1. The third-order valence-corrected chi connectivity index (χ3v) is 5.85. The summed E-state index contributed by atoms with van der Waals surface area (Å²) < 4.78 is 13.9. The molecular weight excluding hydrogens is 428 g/mol. The summed E-state index contributed by atoms with van der Waals surface area (Å²) in [5.74, 6) is 1.13. The normalized spacial score (nSPS) is 11.1. The zero-order chi connectivity index (χ0) is 24.2. The van der Waals surface area contributed by atoms with Crippen LogP contribution in [-0.2, 0) is 19.6 Å². The van der Waals surface area contributed by atoms with Crippen LogP contribution in [0.5, 0.6) is 11.5 Å². The molecule has 1 heterocycles. The highest BCUT2D eigenvalue weighted by Gasteiger charge is 2.16. The minimum atomic E-state index is -1.02. The first-order valence-electron chi connectivity index (χ1n) is 11.6. The number of aromatic carboxylic acids is 1. The van der Waals surface area contributed by atoms with Gasteiger partial charge in [0.1, 0.15) is 29.5 Å². The Labute approximate surface area is 199 Å². The lowest BCUT2D eigenvalue weighted by atomic mass is 10.1. The van der Waals surface area contributed by atoms with Crippen LogP contribution >= 0.6 is 0 Å². The van der Waals surface area contributed by atoms with Crippen molar-refractivity contribution in [2.24, 2.45) is 0 Å². The molecule has 34 heavy (non-hydrogen) atoms. The van der Waals surface area contributed by atoms with E-state index in [1.165, 1.54) is 16.6 Å². The van der Waals surface area contributed by atoms with Crippen LogP contribution in [0.2, 0.25) is 0 Å². The fourth-order valence-electron chi connectivity index (χ4n) is 4.36. The number of hydrogen-bond acceptors (Lipinski definition) is 4. The zero-order valence-corrected chi connectivity index (χ0v) is 20.1. The number of imidazole rings is 1. The number of benzene rings is 3. The molecule has 1 aromatic heterocycles. The van der Waals surface area contributed by atoms with Crippen LogP contribution in [-0.4, -0.2) is 27.2 Å². The summed E-state index contributed by atoms with van der Waals surface area (Å²) in [6, 6.07) is 17.4. The molecule has 0 aliphatic carbocycles. The van der Waals surface area contributed by atoms with Crippen LogP contribution in [0, 0.1) is 13.8 Å². The van der Waals surface area contributed by atoms with Crippen molar-refractivity contribution in [1.29, 1.82) is 0 Å². The SMILES string of the molecule is CCOc1c(COc2ccc(Cn3c(CC)nc4cc(C)cc(C)c43)cc2)cccc1C(=O)O. The Morgan fingerprint density at radius 2 is 1.79 bits per heavy atom. The van der Waals surface area contributed by atoms with Gasteiger partial charge in [0.2, 0.25) is 0 Å². The molecule has 0 fully saturated rings. The summed E-state index contributed by atoms with van der Waals surface area (Å²) in [5.41, 5.74) is 6.69. The Kier molecular flexibility index (Phi) is 6.87. The number of carbonyl (C=O) groups is 1. The summed E-state index contributed by atoms with van der Waals surface area (Å²) in [7, 11) is 0. The van der Waals surface area contributed by atoms with Crippen molar-refractivity contribution in [2.75, 3.05) is 6.61 Å². The topological polar surface area (TPSA) is 73.6 Å². The molecule has 4 aromatic rings. The molecule has 1 N–H and O–H groups in total. The summed E-state index contributed by atoms with van der Waals surface area (Å²) in [5, 5.41) is 9.44. The number of para-hydroxylation sites is 1. The van der Waals surface area contributed by atoms with E-state index in [-0.39, 0.29) is 12.2 Å². The van der Waals surface area contributed by atoms with Gasteiger partial charge >= 0.3 is 5.97 Å². The van der Waals surface area contributed by atoms with Crippen molar-refractivity contribution in [2.45, 2.75) is 47.3 Å². The molecule has 0 aliphatic rings. The smallest absolute Gasteiger partial charge is 0.339 e. The number of hydrogen-bond donors (Lipinski definition) is 1. The molecule has 3 aromatic carbocycles. The molecule has 176 valence electrons. The van der Waals surface area contributed by atoms with E-state index >= 15 is 0 Å². The van der Waals surface area contributed by atoms with E-state index in [4.69, 9.17) is 14.5 Å². The second-order valence-corrected chi connectivity index (χ2v) is 8.38. The molecule has 0 spiro atoms. The van der Waals surface area contributed by atoms with Gasteiger partial charge in [-0.2, -0.15) is 0 Å². The van der Waals surface area contributed by atoms with Gasteiger partial charge in [-0.3, -0.25) is 0 Å². The Morgan fingerprint density at radius 3 is 2.47 bits per heavy atom. The number of aryl methyl sites for hydroxylation is 3. The number of aromatic nitrogens is 2. The van der Waals surface area contributed by atoms with Gasteiger partial charge in [-0.05, 0) is 61.7 Å².